The van der Waals surface area contributed by atoms with Crippen molar-refractivity contribution in [2.45, 2.75) is 70.3 Å². The van der Waals surface area contributed by atoms with E-state index in [9.17, 15) is 0 Å². The third kappa shape index (κ3) is 8.06. The molecule has 0 aromatic rings. The fourth-order valence-electron chi connectivity index (χ4n) is 2.82. The van der Waals surface area contributed by atoms with Crippen molar-refractivity contribution in [1.29, 1.82) is 0 Å². The molecule has 2 saturated carbocycles. The number of hydrogen-bond acceptors (Lipinski definition) is 3. The zero-order chi connectivity index (χ0) is 13.1. The molecule has 0 aliphatic heterocycles. The molecule has 0 aromatic heterocycles. The van der Waals surface area contributed by atoms with E-state index in [0.29, 0.717) is 12.6 Å². The first-order valence-electron chi connectivity index (χ1n) is 7.86. The predicted octanol–water partition coefficient (Wildman–Crippen LogP) is 2.82. The minimum absolute atomic E-state index is 0.536. The summed E-state index contributed by atoms with van der Waals surface area (Å²) < 4.78 is 5.40. The van der Waals surface area contributed by atoms with Gasteiger partial charge in [-0.25, -0.2) is 0 Å². The van der Waals surface area contributed by atoms with Gasteiger partial charge in [-0.2, -0.15) is 0 Å². The summed E-state index contributed by atoms with van der Waals surface area (Å²) in [7, 11) is 0. The maximum Gasteiger partial charge on any atom is 0.0588 e. The highest BCUT2D eigenvalue weighted by Gasteiger charge is 2.12. The van der Waals surface area contributed by atoms with Gasteiger partial charge in [0.15, 0.2) is 0 Å². The quantitative estimate of drug-likeness (QED) is 0.760. The van der Waals surface area contributed by atoms with Crippen LogP contribution in [0.15, 0.2) is 0 Å². The molecule has 0 aromatic carbocycles. The Balaban J connectivity index is 0.000000199. The molecule has 2 aliphatic rings. The van der Waals surface area contributed by atoms with Crippen LogP contribution in [0.2, 0.25) is 0 Å². The molecule has 0 bridgehead atoms. The first-order chi connectivity index (χ1) is 8.83. The summed E-state index contributed by atoms with van der Waals surface area (Å²) in [5.74, 6) is 0.829. The highest BCUT2D eigenvalue weighted by Crippen LogP contribution is 2.23. The standard InChI is InChI=1S/C9H19NO.C6H13N/c10-6-7-11-8-9-4-2-1-3-5-9;7-6-4-2-1-3-5-6/h9H,1-8,10H2;6H,1-5,7H2. The van der Waals surface area contributed by atoms with E-state index >= 15 is 0 Å². The molecule has 2 fully saturated rings. The SMILES string of the molecule is NC1CCCCC1.NCCOCC1CCCCC1. The lowest BCUT2D eigenvalue weighted by Crippen LogP contribution is -2.22. The van der Waals surface area contributed by atoms with E-state index in [1.54, 1.807) is 0 Å². The largest absolute Gasteiger partial charge is 0.380 e. The summed E-state index contributed by atoms with van der Waals surface area (Å²) in [5.41, 5.74) is 11.0. The van der Waals surface area contributed by atoms with Crippen molar-refractivity contribution in [3.05, 3.63) is 0 Å². The average Bonchev–Trinajstić information content (AvgIpc) is 2.42. The van der Waals surface area contributed by atoms with Crippen molar-refractivity contribution < 1.29 is 4.74 Å². The lowest BCUT2D eigenvalue weighted by Gasteiger charge is -2.20. The monoisotopic (exact) mass is 256 g/mol. The van der Waals surface area contributed by atoms with Gasteiger partial charge < -0.3 is 16.2 Å². The van der Waals surface area contributed by atoms with Crippen LogP contribution in [0.3, 0.4) is 0 Å². The van der Waals surface area contributed by atoms with Crippen LogP contribution in [-0.2, 0) is 4.74 Å². The molecule has 2 rings (SSSR count). The second kappa shape index (κ2) is 10.8. The Morgan fingerprint density at radius 1 is 0.833 bits per heavy atom. The molecule has 0 radical (unpaired) electrons. The molecule has 0 unspecified atom stereocenters. The molecule has 0 heterocycles. The van der Waals surface area contributed by atoms with E-state index in [0.717, 1.165) is 19.1 Å². The maximum absolute atomic E-state index is 5.63. The first kappa shape index (κ1) is 15.9. The van der Waals surface area contributed by atoms with Gasteiger partial charge in [0.1, 0.15) is 0 Å². The van der Waals surface area contributed by atoms with Crippen molar-refractivity contribution >= 4 is 0 Å². The number of ether oxygens (including phenoxy) is 1. The molecule has 3 nitrogen and oxygen atoms in total. The second-order valence-corrected chi connectivity index (χ2v) is 5.77. The molecular weight excluding hydrogens is 224 g/mol. The number of nitrogens with two attached hydrogens (primary N) is 2. The lowest BCUT2D eigenvalue weighted by atomic mass is 9.90. The molecule has 0 spiro atoms. The first-order valence-corrected chi connectivity index (χ1v) is 7.86. The van der Waals surface area contributed by atoms with Crippen LogP contribution in [0, 0.1) is 5.92 Å². The van der Waals surface area contributed by atoms with E-state index in [1.165, 1.54) is 64.2 Å². The van der Waals surface area contributed by atoms with Gasteiger partial charge in [-0.15, -0.1) is 0 Å². The van der Waals surface area contributed by atoms with Crippen molar-refractivity contribution in [3.63, 3.8) is 0 Å². The van der Waals surface area contributed by atoms with Crippen LogP contribution in [0.25, 0.3) is 0 Å². The van der Waals surface area contributed by atoms with Crippen LogP contribution in [0.5, 0.6) is 0 Å². The Kier molecular flexibility index (Phi) is 9.54. The van der Waals surface area contributed by atoms with Crippen LogP contribution in [0.1, 0.15) is 64.2 Å². The molecular formula is C15H32N2O. The van der Waals surface area contributed by atoms with Crippen LogP contribution in [-0.4, -0.2) is 25.8 Å². The molecule has 0 saturated heterocycles. The van der Waals surface area contributed by atoms with Gasteiger partial charge in [0.05, 0.1) is 6.61 Å². The van der Waals surface area contributed by atoms with Gasteiger partial charge in [-0.05, 0) is 31.6 Å². The summed E-state index contributed by atoms with van der Waals surface area (Å²) in [6.45, 7) is 2.33. The van der Waals surface area contributed by atoms with Gasteiger partial charge in [0.2, 0.25) is 0 Å². The van der Waals surface area contributed by atoms with Crippen LogP contribution in [0.4, 0.5) is 0 Å². The zero-order valence-corrected chi connectivity index (χ0v) is 11.9. The zero-order valence-electron chi connectivity index (χ0n) is 11.9. The Hall–Kier alpha value is -0.120. The smallest absolute Gasteiger partial charge is 0.0588 e. The topological polar surface area (TPSA) is 61.3 Å². The van der Waals surface area contributed by atoms with E-state index in [2.05, 4.69) is 0 Å². The molecule has 4 N–H and O–H groups in total. The fourth-order valence-corrected chi connectivity index (χ4v) is 2.82. The average molecular weight is 256 g/mol. The Morgan fingerprint density at radius 2 is 1.39 bits per heavy atom. The maximum atomic E-state index is 5.63. The van der Waals surface area contributed by atoms with Crippen molar-refractivity contribution in [2.75, 3.05) is 19.8 Å². The normalized spacial score (nSPS) is 22.3. The van der Waals surface area contributed by atoms with Gasteiger partial charge in [0, 0.05) is 19.2 Å². The Labute approximate surface area is 113 Å². The number of hydrogen-bond donors (Lipinski definition) is 2. The second-order valence-electron chi connectivity index (χ2n) is 5.77. The minimum atomic E-state index is 0.536. The molecule has 3 heteroatoms. The van der Waals surface area contributed by atoms with E-state index in [-0.39, 0.29) is 0 Å². The summed E-state index contributed by atoms with van der Waals surface area (Å²) in [4.78, 5) is 0. The Bertz CT molecular complexity index is 175. The van der Waals surface area contributed by atoms with Crippen molar-refractivity contribution in [2.24, 2.45) is 17.4 Å². The molecule has 0 atom stereocenters. The molecule has 0 amide bonds. The lowest BCUT2D eigenvalue weighted by molar-refractivity contribution is 0.0907. The summed E-state index contributed by atoms with van der Waals surface area (Å²) in [6, 6.07) is 0.536. The van der Waals surface area contributed by atoms with Gasteiger partial charge in [-0.3, -0.25) is 0 Å². The van der Waals surface area contributed by atoms with Crippen LogP contribution >= 0.6 is 0 Å². The van der Waals surface area contributed by atoms with Crippen LogP contribution < -0.4 is 11.5 Å². The minimum Gasteiger partial charge on any atom is -0.380 e. The molecule has 18 heavy (non-hydrogen) atoms. The van der Waals surface area contributed by atoms with Gasteiger partial charge in [-0.1, -0.05) is 38.5 Å². The number of rotatable bonds is 4. The third-order valence-corrected chi connectivity index (χ3v) is 3.99. The van der Waals surface area contributed by atoms with Crippen molar-refractivity contribution in [1.82, 2.24) is 0 Å². The van der Waals surface area contributed by atoms with E-state index in [4.69, 9.17) is 16.2 Å². The third-order valence-electron chi connectivity index (χ3n) is 3.99. The highest BCUT2D eigenvalue weighted by atomic mass is 16.5. The summed E-state index contributed by atoms with van der Waals surface area (Å²) in [6.07, 6.45) is 13.6. The van der Waals surface area contributed by atoms with E-state index in [1.807, 2.05) is 0 Å². The van der Waals surface area contributed by atoms with Gasteiger partial charge in [0.25, 0.3) is 0 Å². The highest BCUT2D eigenvalue weighted by molar-refractivity contribution is 4.66. The summed E-state index contributed by atoms with van der Waals surface area (Å²) in [5, 5.41) is 0. The van der Waals surface area contributed by atoms with Gasteiger partial charge >= 0.3 is 0 Å². The van der Waals surface area contributed by atoms with Crippen molar-refractivity contribution in [3.8, 4) is 0 Å². The summed E-state index contributed by atoms with van der Waals surface area (Å²) >= 11 is 0. The molecule has 2 aliphatic carbocycles. The molecule has 108 valence electrons. The fraction of sp³-hybridized carbons (Fsp3) is 1.00. The van der Waals surface area contributed by atoms with E-state index < -0.39 is 0 Å². The Morgan fingerprint density at radius 3 is 1.83 bits per heavy atom. The predicted molar refractivity (Wildman–Crippen MR) is 77.5 cm³/mol.